The summed E-state index contributed by atoms with van der Waals surface area (Å²) in [6.45, 7) is 5.90. The van der Waals surface area contributed by atoms with Crippen LogP contribution < -0.4 is 24.3 Å². The largest absolute Gasteiger partial charge is 0.493 e. The smallest absolute Gasteiger partial charge is 0.251 e. The third-order valence-electron chi connectivity index (χ3n) is 6.59. The van der Waals surface area contributed by atoms with Crippen molar-refractivity contribution < 1.29 is 23.7 Å². The molecule has 0 bridgehead atoms. The second kappa shape index (κ2) is 12.4. The average Bonchev–Trinajstić information content (AvgIpc) is 3.29. The van der Waals surface area contributed by atoms with Crippen LogP contribution in [0.15, 0.2) is 54.6 Å². The van der Waals surface area contributed by atoms with Crippen molar-refractivity contribution in [3.8, 4) is 23.0 Å². The van der Waals surface area contributed by atoms with E-state index in [1.54, 1.807) is 12.1 Å². The van der Waals surface area contributed by atoms with Gasteiger partial charge in [0.15, 0.2) is 11.5 Å². The predicted molar refractivity (Wildman–Crippen MR) is 148 cm³/mol. The lowest BCUT2D eigenvalue weighted by molar-refractivity contribution is 0.0952. The minimum absolute atomic E-state index is 0.209. The van der Waals surface area contributed by atoms with Gasteiger partial charge in [0.05, 0.1) is 38.9 Å². The van der Waals surface area contributed by atoms with E-state index in [-0.39, 0.29) is 5.91 Å². The minimum Gasteiger partial charge on any atom is -0.493 e. The van der Waals surface area contributed by atoms with Gasteiger partial charge < -0.3 is 28.8 Å². The molecule has 0 fully saturated rings. The molecule has 1 N–H and O–H groups in total. The number of rotatable bonds is 12. The van der Waals surface area contributed by atoms with E-state index in [9.17, 15) is 4.79 Å². The third-order valence-corrected chi connectivity index (χ3v) is 6.59. The molecule has 1 amide bonds. The maximum atomic E-state index is 12.8. The molecule has 8 heteroatoms. The Morgan fingerprint density at radius 2 is 1.66 bits per heavy atom. The highest BCUT2D eigenvalue weighted by Crippen LogP contribution is 2.38. The summed E-state index contributed by atoms with van der Waals surface area (Å²) in [6.07, 6.45) is 1.45. The molecule has 4 aromatic rings. The molecule has 1 aromatic heterocycles. The zero-order valence-corrected chi connectivity index (χ0v) is 22.7. The minimum atomic E-state index is -0.209. The molecule has 0 aliphatic heterocycles. The number of fused-ring (bicyclic) bond motifs is 1. The fourth-order valence-electron chi connectivity index (χ4n) is 4.39. The predicted octanol–water partition coefficient (Wildman–Crippen LogP) is 5.12. The van der Waals surface area contributed by atoms with E-state index in [0.717, 1.165) is 29.0 Å². The second-order valence-electron chi connectivity index (χ2n) is 9.04. The van der Waals surface area contributed by atoms with Crippen LogP contribution in [0.25, 0.3) is 11.0 Å². The van der Waals surface area contributed by atoms with Crippen molar-refractivity contribution in [1.29, 1.82) is 0 Å². The molecule has 1 heterocycles. The summed E-state index contributed by atoms with van der Waals surface area (Å²) < 4.78 is 24.3. The summed E-state index contributed by atoms with van der Waals surface area (Å²) >= 11 is 0. The van der Waals surface area contributed by atoms with Gasteiger partial charge in [-0.25, -0.2) is 4.98 Å². The number of methoxy groups -OCH3 is 3. The summed E-state index contributed by atoms with van der Waals surface area (Å²) in [7, 11) is 4.58. The number of hydrogen-bond donors (Lipinski definition) is 1. The van der Waals surface area contributed by atoms with Crippen LogP contribution in [-0.4, -0.2) is 49.9 Å². The van der Waals surface area contributed by atoms with Crippen LogP contribution in [0.4, 0.5) is 0 Å². The Morgan fingerprint density at radius 1 is 0.921 bits per heavy atom. The fourth-order valence-corrected chi connectivity index (χ4v) is 4.39. The molecule has 0 radical (unpaired) electrons. The lowest BCUT2D eigenvalue weighted by atomic mass is 10.1. The molecular weight excluding hydrogens is 482 g/mol. The van der Waals surface area contributed by atoms with Gasteiger partial charge in [-0.3, -0.25) is 4.79 Å². The second-order valence-corrected chi connectivity index (χ2v) is 9.04. The highest BCUT2D eigenvalue weighted by Gasteiger charge is 2.17. The molecule has 0 saturated heterocycles. The Bertz CT molecular complexity index is 1390. The molecule has 0 saturated carbocycles. The summed E-state index contributed by atoms with van der Waals surface area (Å²) in [6, 6.07) is 17.6. The molecular formula is C30H35N3O5. The Balaban J connectivity index is 1.38. The third kappa shape index (κ3) is 6.02. The van der Waals surface area contributed by atoms with Gasteiger partial charge in [-0.2, -0.15) is 0 Å². The molecule has 0 spiro atoms. The average molecular weight is 518 g/mol. The zero-order chi connectivity index (χ0) is 27.1. The normalized spacial score (nSPS) is 10.9. The monoisotopic (exact) mass is 517 g/mol. The fraction of sp³-hybridized carbons (Fsp3) is 0.333. The first-order valence-corrected chi connectivity index (χ1v) is 12.7. The van der Waals surface area contributed by atoms with Gasteiger partial charge in [0.25, 0.3) is 5.91 Å². The van der Waals surface area contributed by atoms with Crippen molar-refractivity contribution in [2.75, 3.05) is 34.5 Å². The van der Waals surface area contributed by atoms with Crippen LogP contribution in [0, 0.1) is 13.8 Å². The zero-order valence-electron chi connectivity index (χ0n) is 22.7. The first kappa shape index (κ1) is 26.9. The molecule has 0 aliphatic carbocycles. The van der Waals surface area contributed by atoms with E-state index in [2.05, 4.69) is 41.9 Å². The maximum absolute atomic E-state index is 12.8. The first-order chi connectivity index (χ1) is 18.4. The first-order valence-electron chi connectivity index (χ1n) is 12.7. The number of imidazole rings is 1. The quantitative estimate of drug-likeness (QED) is 0.263. The number of para-hydroxylation sites is 2. The lowest BCUT2D eigenvalue weighted by Gasteiger charge is -2.14. The van der Waals surface area contributed by atoms with Crippen LogP contribution in [0.5, 0.6) is 23.0 Å². The van der Waals surface area contributed by atoms with Crippen LogP contribution in [0.3, 0.4) is 0 Å². The SMILES string of the molecule is COc1cc(C(=O)NCCCc2nc3ccccc3n2CCOc2ccc(C)c(C)c2)cc(OC)c1OC. The summed E-state index contributed by atoms with van der Waals surface area (Å²) in [5.41, 5.74) is 4.93. The van der Waals surface area contributed by atoms with E-state index in [1.807, 2.05) is 24.3 Å². The number of amides is 1. The number of nitrogens with one attached hydrogen (secondary N) is 1. The Hall–Kier alpha value is -4.20. The Kier molecular flexibility index (Phi) is 8.73. The van der Waals surface area contributed by atoms with E-state index in [1.165, 1.54) is 32.5 Å². The van der Waals surface area contributed by atoms with Gasteiger partial charge in [-0.15, -0.1) is 0 Å². The molecule has 3 aromatic carbocycles. The van der Waals surface area contributed by atoms with Crippen molar-refractivity contribution in [1.82, 2.24) is 14.9 Å². The molecule has 38 heavy (non-hydrogen) atoms. The van der Waals surface area contributed by atoms with Crippen LogP contribution in [0.1, 0.15) is 33.7 Å². The highest BCUT2D eigenvalue weighted by atomic mass is 16.5. The molecule has 8 nitrogen and oxygen atoms in total. The van der Waals surface area contributed by atoms with Crippen molar-refractivity contribution in [2.24, 2.45) is 0 Å². The molecule has 4 rings (SSSR count). The number of hydrogen-bond acceptors (Lipinski definition) is 6. The number of aromatic nitrogens is 2. The molecule has 0 aliphatic rings. The summed E-state index contributed by atoms with van der Waals surface area (Å²) in [5.74, 6) is 2.96. The van der Waals surface area contributed by atoms with Crippen molar-refractivity contribution in [3.63, 3.8) is 0 Å². The Morgan fingerprint density at radius 3 is 2.34 bits per heavy atom. The van der Waals surface area contributed by atoms with E-state index < -0.39 is 0 Å². The van der Waals surface area contributed by atoms with Gasteiger partial charge in [-0.1, -0.05) is 18.2 Å². The molecule has 0 atom stereocenters. The lowest BCUT2D eigenvalue weighted by Crippen LogP contribution is -2.25. The van der Waals surface area contributed by atoms with Gasteiger partial charge in [0, 0.05) is 18.5 Å². The van der Waals surface area contributed by atoms with Crippen LogP contribution >= 0.6 is 0 Å². The number of aryl methyl sites for hydroxylation is 3. The Labute approximate surface area is 223 Å². The van der Waals surface area contributed by atoms with E-state index in [4.69, 9.17) is 23.9 Å². The van der Waals surface area contributed by atoms with Gasteiger partial charge in [0.1, 0.15) is 18.2 Å². The van der Waals surface area contributed by atoms with Crippen molar-refractivity contribution in [2.45, 2.75) is 33.2 Å². The van der Waals surface area contributed by atoms with E-state index in [0.29, 0.717) is 48.9 Å². The van der Waals surface area contributed by atoms with E-state index >= 15 is 0 Å². The van der Waals surface area contributed by atoms with Gasteiger partial charge in [0.2, 0.25) is 5.75 Å². The van der Waals surface area contributed by atoms with Gasteiger partial charge >= 0.3 is 0 Å². The maximum Gasteiger partial charge on any atom is 0.251 e. The number of nitrogens with zero attached hydrogens (tertiary/aromatic N) is 2. The number of carbonyl (C=O) groups excluding carboxylic acids is 1. The number of carbonyl (C=O) groups is 1. The highest BCUT2D eigenvalue weighted by molar-refractivity contribution is 5.95. The van der Waals surface area contributed by atoms with Gasteiger partial charge in [-0.05, 0) is 67.8 Å². The van der Waals surface area contributed by atoms with Crippen LogP contribution in [-0.2, 0) is 13.0 Å². The standard InChI is InChI=1S/C30H35N3O5/c1-20-12-13-23(17-21(20)2)38-16-15-33-25-10-7-6-9-24(25)32-28(33)11-8-14-31-30(34)22-18-26(35-3)29(37-5)27(19-22)36-4/h6-7,9-10,12-13,17-19H,8,11,14-16H2,1-5H3,(H,31,34). The summed E-state index contributed by atoms with van der Waals surface area (Å²) in [5, 5.41) is 2.98. The van der Waals surface area contributed by atoms with Crippen molar-refractivity contribution in [3.05, 3.63) is 77.1 Å². The number of ether oxygens (including phenoxy) is 4. The van der Waals surface area contributed by atoms with Crippen LogP contribution in [0.2, 0.25) is 0 Å². The molecule has 0 unspecified atom stereocenters. The number of benzene rings is 3. The topological polar surface area (TPSA) is 83.8 Å². The van der Waals surface area contributed by atoms with Crippen molar-refractivity contribution >= 4 is 16.9 Å². The molecule has 200 valence electrons. The summed E-state index contributed by atoms with van der Waals surface area (Å²) in [4.78, 5) is 17.7.